The molecule has 0 bridgehead atoms. The van der Waals surface area contributed by atoms with Crippen molar-refractivity contribution in [1.29, 1.82) is 0 Å². The molecule has 7 nitrogen and oxygen atoms in total. The molecule has 1 fully saturated rings. The molecular weight excluding hydrogens is 389 g/mol. The van der Waals surface area contributed by atoms with E-state index in [0.29, 0.717) is 16.7 Å². The van der Waals surface area contributed by atoms with Gasteiger partial charge in [-0.2, -0.15) is 0 Å². The number of piperidine rings is 1. The Kier molecular flexibility index (Phi) is 5.07. The van der Waals surface area contributed by atoms with E-state index in [-0.39, 0.29) is 49.0 Å². The fourth-order valence-electron chi connectivity index (χ4n) is 3.83. The molecule has 4 rings (SSSR count). The summed E-state index contributed by atoms with van der Waals surface area (Å²) >= 11 is 0. The van der Waals surface area contributed by atoms with Crippen LogP contribution in [0.3, 0.4) is 0 Å². The molecule has 2 aromatic carbocycles. The van der Waals surface area contributed by atoms with Crippen LogP contribution < -0.4 is 10.6 Å². The molecule has 2 aliphatic heterocycles. The Hall–Kier alpha value is -3.55. The van der Waals surface area contributed by atoms with Crippen LogP contribution in [0.4, 0.5) is 4.39 Å². The van der Waals surface area contributed by atoms with E-state index in [0.717, 1.165) is 5.56 Å². The van der Waals surface area contributed by atoms with Gasteiger partial charge in [0, 0.05) is 24.1 Å². The Morgan fingerprint density at radius 3 is 2.60 bits per heavy atom. The summed E-state index contributed by atoms with van der Waals surface area (Å²) in [5.41, 5.74) is 2.26. The van der Waals surface area contributed by atoms with Crippen LogP contribution in [0.5, 0.6) is 0 Å². The Balaban J connectivity index is 1.48. The second-order valence-corrected chi connectivity index (χ2v) is 7.52. The highest BCUT2D eigenvalue weighted by Gasteiger charge is 2.39. The smallest absolute Gasteiger partial charge is 0.255 e. The number of fused-ring (bicyclic) bond motifs is 1. The number of nitrogens with zero attached hydrogens (tertiary/aromatic N) is 1. The van der Waals surface area contributed by atoms with Crippen LogP contribution in [0.2, 0.25) is 0 Å². The normalized spacial score (nSPS) is 19.3. The van der Waals surface area contributed by atoms with Gasteiger partial charge in [0.2, 0.25) is 11.8 Å². The highest BCUT2D eigenvalue weighted by molar-refractivity contribution is 6.06. The number of carbonyl (C=O) groups is 4. The molecule has 1 saturated heterocycles. The Labute approximate surface area is 172 Å². The van der Waals surface area contributed by atoms with Crippen molar-refractivity contribution in [2.75, 3.05) is 0 Å². The molecule has 0 aromatic heterocycles. The lowest BCUT2D eigenvalue weighted by Gasteiger charge is -2.29. The molecular formula is C22H20FN3O4. The van der Waals surface area contributed by atoms with Gasteiger partial charge in [0.05, 0.1) is 6.04 Å². The maximum Gasteiger partial charge on any atom is 0.255 e. The molecule has 2 aromatic rings. The zero-order chi connectivity index (χ0) is 21.4. The van der Waals surface area contributed by atoms with Crippen LogP contribution >= 0.6 is 0 Å². The van der Waals surface area contributed by atoms with Crippen molar-refractivity contribution in [3.05, 3.63) is 70.5 Å². The van der Waals surface area contributed by atoms with Gasteiger partial charge in [-0.1, -0.05) is 12.1 Å². The van der Waals surface area contributed by atoms with E-state index in [1.165, 1.54) is 17.0 Å². The van der Waals surface area contributed by atoms with Gasteiger partial charge in [-0.3, -0.25) is 24.5 Å². The van der Waals surface area contributed by atoms with Gasteiger partial charge in [-0.05, 0) is 54.8 Å². The largest absolute Gasteiger partial charge is 0.346 e. The zero-order valence-electron chi connectivity index (χ0n) is 16.3. The monoisotopic (exact) mass is 409 g/mol. The Morgan fingerprint density at radius 1 is 1.17 bits per heavy atom. The van der Waals surface area contributed by atoms with Crippen LogP contribution in [0.25, 0.3) is 0 Å². The quantitative estimate of drug-likeness (QED) is 0.756. The third kappa shape index (κ3) is 3.68. The Morgan fingerprint density at radius 2 is 1.90 bits per heavy atom. The molecule has 2 heterocycles. The maximum atomic E-state index is 13.1. The predicted octanol–water partition coefficient (Wildman–Crippen LogP) is 2.08. The van der Waals surface area contributed by atoms with Crippen molar-refractivity contribution >= 4 is 23.6 Å². The van der Waals surface area contributed by atoms with Crippen molar-refractivity contribution in [3.63, 3.8) is 0 Å². The van der Waals surface area contributed by atoms with Crippen molar-refractivity contribution in [1.82, 2.24) is 15.5 Å². The summed E-state index contributed by atoms with van der Waals surface area (Å²) < 4.78 is 13.1. The fraction of sp³-hybridized carbons (Fsp3) is 0.273. The number of halogens is 1. The van der Waals surface area contributed by atoms with Crippen molar-refractivity contribution in [2.45, 2.75) is 38.4 Å². The average Bonchev–Trinajstić information content (AvgIpc) is 3.04. The average molecular weight is 409 g/mol. The second kappa shape index (κ2) is 7.70. The number of carbonyl (C=O) groups excluding carboxylic acids is 4. The SMILES string of the molecule is C[C@H](NC(=O)c1ccc2c(c1)CN(C1CCC(=O)NC1=O)C2=O)c1ccc(F)cc1. The number of nitrogens with one attached hydrogen (secondary N) is 2. The lowest BCUT2D eigenvalue weighted by atomic mass is 10.0. The van der Waals surface area contributed by atoms with E-state index >= 15 is 0 Å². The summed E-state index contributed by atoms with van der Waals surface area (Å²) in [6, 6.07) is 9.67. The molecule has 0 saturated carbocycles. The molecule has 4 amide bonds. The first-order chi connectivity index (χ1) is 14.3. The number of rotatable bonds is 4. The Bertz CT molecular complexity index is 1050. The summed E-state index contributed by atoms with van der Waals surface area (Å²) in [5.74, 6) is -1.76. The highest BCUT2D eigenvalue weighted by atomic mass is 19.1. The van der Waals surface area contributed by atoms with Gasteiger partial charge in [0.15, 0.2) is 0 Å². The highest BCUT2D eigenvalue weighted by Crippen LogP contribution is 2.28. The second-order valence-electron chi connectivity index (χ2n) is 7.52. The van der Waals surface area contributed by atoms with Gasteiger partial charge >= 0.3 is 0 Å². The zero-order valence-corrected chi connectivity index (χ0v) is 16.3. The summed E-state index contributed by atoms with van der Waals surface area (Å²) in [5, 5.41) is 5.12. The van der Waals surface area contributed by atoms with Crippen LogP contribution in [-0.4, -0.2) is 34.6 Å². The number of hydrogen-bond acceptors (Lipinski definition) is 4. The first-order valence-corrected chi connectivity index (χ1v) is 9.67. The van der Waals surface area contributed by atoms with Crippen LogP contribution in [0.1, 0.15) is 57.7 Å². The van der Waals surface area contributed by atoms with Crippen molar-refractivity contribution in [3.8, 4) is 0 Å². The van der Waals surface area contributed by atoms with Crippen LogP contribution in [-0.2, 0) is 16.1 Å². The van der Waals surface area contributed by atoms with E-state index in [1.807, 2.05) is 0 Å². The van der Waals surface area contributed by atoms with E-state index < -0.39 is 11.9 Å². The standard InChI is InChI=1S/C22H20FN3O4/c1-12(13-2-5-16(23)6-3-13)24-20(28)14-4-7-17-15(10-14)11-26(22(17)30)18-8-9-19(27)25-21(18)29/h2-7,10,12,18H,8-9,11H2,1H3,(H,24,28)(H,25,27,29)/t12-,18?/m0/s1. The van der Waals surface area contributed by atoms with E-state index in [9.17, 15) is 23.6 Å². The van der Waals surface area contributed by atoms with Gasteiger partial charge in [-0.15, -0.1) is 0 Å². The van der Waals surface area contributed by atoms with Gasteiger partial charge in [0.25, 0.3) is 11.8 Å². The summed E-state index contributed by atoms with van der Waals surface area (Å²) in [4.78, 5) is 50.3. The minimum Gasteiger partial charge on any atom is -0.346 e. The predicted molar refractivity (Wildman–Crippen MR) is 105 cm³/mol. The molecule has 8 heteroatoms. The molecule has 154 valence electrons. The van der Waals surface area contributed by atoms with Crippen LogP contribution in [0, 0.1) is 5.82 Å². The minimum absolute atomic E-state index is 0.186. The molecule has 0 spiro atoms. The lowest BCUT2D eigenvalue weighted by Crippen LogP contribution is -2.52. The number of hydrogen-bond donors (Lipinski definition) is 2. The molecule has 0 radical (unpaired) electrons. The van der Waals surface area contributed by atoms with Gasteiger partial charge in [-0.25, -0.2) is 4.39 Å². The minimum atomic E-state index is -0.696. The summed E-state index contributed by atoms with van der Waals surface area (Å²) in [6.07, 6.45) is 0.471. The van der Waals surface area contributed by atoms with Gasteiger partial charge < -0.3 is 10.2 Å². The topological polar surface area (TPSA) is 95.6 Å². The first kappa shape index (κ1) is 19.8. The molecule has 1 unspecified atom stereocenters. The third-order valence-electron chi connectivity index (χ3n) is 5.50. The summed E-state index contributed by atoms with van der Waals surface area (Å²) in [6.45, 7) is 2.00. The number of benzene rings is 2. The number of imide groups is 1. The molecule has 2 atom stereocenters. The first-order valence-electron chi connectivity index (χ1n) is 9.67. The van der Waals surface area contributed by atoms with E-state index in [1.54, 1.807) is 37.3 Å². The maximum absolute atomic E-state index is 13.1. The third-order valence-corrected chi connectivity index (χ3v) is 5.50. The fourth-order valence-corrected chi connectivity index (χ4v) is 3.83. The lowest BCUT2D eigenvalue weighted by molar-refractivity contribution is -0.136. The van der Waals surface area contributed by atoms with E-state index in [2.05, 4.69) is 10.6 Å². The van der Waals surface area contributed by atoms with Gasteiger partial charge in [0.1, 0.15) is 11.9 Å². The summed E-state index contributed by atoms with van der Waals surface area (Å²) in [7, 11) is 0. The molecule has 2 aliphatic rings. The van der Waals surface area contributed by atoms with Crippen molar-refractivity contribution < 1.29 is 23.6 Å². The molecule has 2 N–H and O–H groups in total. The van der Waals surface area contributed by atoms with E-state index in [4.69, 9.17) is 0 Å². The van der Waals surface area contributed by atoms with Crippen LogP contribution in [0.15, 0.2) is 42.5 Å². The molecule has 0 aliphatic carbocycles. The van der Waals surface area contributed by atoms with Crippen molar-refractivity contribution in [2.24, 2.45) is 0 Å². The number of amides is 4. The molecule has 30 heavy (non-hydrogen) atoms.